The van der Waals surface area contributed by atoms with Gasteiger partial charge in [0.05, 0.1) is 12.6 Å². The van der Waals surface area contributed by atoms with Crippen molar-refractivity contribution in [1.82, 2.24) is 4.98 Å². The van der Waals surface area contributed by atoms with Gasteiger partial charge in [-0.2, -0.15) is 0 Å². The molecule has 2 aromatic rings. The second kappa shape index (κ2) is 5.57. The van der Waals surface area contributed by atoms with Gasteiger partial charge in [0, 0.05) is 21.2 Å². The molecule has 0 unspecified atom stereocenters. The van der Waals surface area contributed by atoms with E-state index in [0.29, 0.717) is 0 Å². The Morgan fingerprint density at radius 2 is 2.11 bits per heavy atom. The van der Waals surface area contributed by atoms with E-state index in [-0.39, 0.29) is 12.5 Å². The number of pyridine rings is 1. The highest BCUT2D eigenvalue weighted by molar-refractivity contribution is 9.10. The molecule has 0 saturated carbocycles. The van der Waals surface area contributed by atoms with E-state index in [1.165, 1.54) is 7.11 Å². The van der Waals surface area contributed by atoms with Crippen LogP contribution >= 0.6 is 15.9 Å². The van der Waals surface area contributed by atoms with Gasteiger partial charge in [0.2, 0.25) is 0 Å². The van der Waals surface area contributed by atoms with Crippen molar-refractivity contribution in [2.45, 2.75) is 13.8 Å². The highest BCUT2D eigenvalue weighted by Gasteiger charge is 2.09. The molecule has 4 nitrogen and oxygen atoms in total. The quantitative estimate of drug-likeness (QED) is 0.882. The summed E-state index contributed by atoms with van der Waals surface area (Å²) in [5, 5.41) is 4.09. The summed E-state index contributed by atoms with van der Waals surface area (Å²) in [6.07, 6.45) is 0. The molecule has 0 aliphatic carbocycles. The molecule has 1 aromatic carbocycles. The van der Waals surface area contributed by atoms with Crippen LogP contribution in [0.5, 0.6) is 0 Å². The predicted molar refractivity (Wildman–Crippen MR) is 79.4 cm³/mol. The third kappa shape index (κ3) is 3.04. The van der Waals surface area contributed by atoms with Gasteiger partial charge in [-0.1, -0.05) is 0 Å². The number of esters is 1. The zero-order chi connectivity index (χ0) is 14.0. The van der Waals surface area contributed by atoms with E-state index in [1.807, 2.05) is 32.0 Å². The van der Waals surface area contributed by atoms with Crippen molar-refractivity contribution in [3.63, 3.8) is 0 Å². The number of aromatic nitrogens is 1. The van der Waals surface area contributed by atoms with Gasteiger partial charge in [0.15, 0.2) is 0 Å². The van der Waals surface area contributed by atoms with E-state index in [2.05, 4.69) is 31.0 Å². The highest BCUT2D eigenvalue weighted by atomic mass is 79.9. The van der Waals surface area contributed by atoms with Crippen LogP contribution in [0.25, 0.3) is 10.9 Å². The van der Waals surface area contributed by atoms with E-state index in [4.69, 9.17) is 0 Å². The fraction of sp³-hybridized carbons (Fsp3) is 0.286. The lowest BCUT2D eigenvalue weighted by molar-refractivity contribution is -0.138. The standard InChI is InChI=1S/C14H15BrN2O2/c1-8-4-10-12(16-7-13(18)19-3)6-9(2)17-14(10)11(15)5-8/h4-6H,7H2,1-3H3,(H,16,17). The van der Waals surface area contributed by atoms with Crippen LogP contribution < -0.4 is 5.32 Å². The van der Waals surface area contributed by atoms with Crippen LogP contribution in [-0.2, 0) is 9.53 Å². The van der Waals surface area contributed by atoms with Gasteiger partial charge in [0.1, 0.15) is 6.54 Å². The van der Waals surface area contributed by atoms with Crippen molar-refractivity contribution in [3.8, 4) is 0 Å². The van der Waals surface area contributed by atoms with Crippen molar-refractivity contribution in [2.24, 2.45) is 0 Å². The molecule has 0 aliphatic rings. The van der Waals surface area contributed by atoms with Crippen LogP contribution in [0.4, 0.5) is 5.69 Å². The minimum atomic E-state index is -0.297. The maximum atomic E-state index is 11.2. The van der Waals surface area contributed by atoms with Gasteiger partial charge in [-0.25, -0.2) is 0 Å². The first kappa shape index (κ1) is 13.8. The summed E-state index contributed by atoms with van der Waals surface area (Å²) in [6, 6.07) is 6.00. The molecule has 0 amide bonds. The van der Waals surface area contributed by atoms with Gasteiger partial charge < -0.3 is 10.1 Å². The lowest BCUT2D eigenvalue weighted by Gasteiger charge is -2.11. The number of ether oxygens (including phenoxy) is 1. The van der Waals surface area contributed by atoms with Gasteiger partial charge in [-0.3, -0.25) is 9.78 Å². The van der Waals surface area contributed by atoms with Crippen LogP contribution in [0.2, 0.25) is 0 Å². The number of carbonyl (C=O) groups is 1. The van der Waals surface area contributed by atoms with Crippen molar-refractivity contribution >= 4 is 38.5 Å². The number of carbonyl (C=O) groups excluding carboxylic acids is 1. The van der Waals surface area contributed by atoms with E-state index in [9.17, 15) is 4.79 Å². The van der Waals surface area contributed by atoms with Gasteiger partial charge in [-0.05, 0) is 53.5 Å². The number of aryl methyl sites for hydroxylation is 2. The topological polar surface area (TPSA) is 51.2 Å². The Labute approximate surface area is 120 Å². The molecule has 0 atom stereocenters. The Morgan fingerprint density at radius 3 is 2.79 bits per heavy atom. The van der Waals surface area contributed by atoms with Gasteiger partial charge in [-0.15, -0.1) is 0 Å². The molecule has 0 bridgehead atoms. The number of anilines is 1. The maximum absolute atomic E-state index is 11.2. The van der Waals surface area contributed by atoms with E-state index < -0.39 is 0 Å². The minimum Gasteiger partial charge on any atom is -0.468 e. The largest absolute Gasteiger partial charge is 0.468 e. The molecule has 19 heavy (non-hydrogen) atoms. The Bertz CT molecular complexity index is 641. The summed E-state index contributed by atoms with van der Waals surface area (Å²) in [6.45, 7) is 4.09. The Balaban J connectivity index is 2.50. The Hall–Kier alpha value is -1.62. The molecule has 0 fully saturated rings. The van der Waals surface area contributed by atoms with Crippen molar-refractivity contribution in [2.75, 3.05) is 19.0 Å². The second-order valence-corrected chi connectivity index (χ2v) is 5.24. The SMILES string of the molecule is COC(=O)CNc1cc(C)nc2c(Br)cc(C)cc12. The average Bonchev–Trinajstić information content (AvgIpc) is 2.36. The molecule has 0 saturated heterocycles. The van der Waals surface area contributed by atoms with Gasteiger partial charge >= 0.3 is 5.97 Å². The normalized spacial score (nSPS) is 10.5. The number of nitrogens with zero attached hydrogens (tertiary/aromatic N) is 1. The Morgan fingerprint density at radius 1 is 1.37 bits per heavy atom. The smallest absolute Gasteiger partial charge is 0.325 e. The monoisotopic (exact) mass is 322 g/mol. The molecule has 1 aromatic heterocycles. The second-order valence-electron chi connectivity index (χ2n) is 4.38. The fourth-order valence-electron chi connectivity index (χ4n) is 1.93. The van der Waals surface area contributed by atoms with Crippen molar-refractivity contribution in [1.29, 1.82) is 0 Å². The number of fused-ring (bicyclic) bond motifs is 1. The summed E-state index contributed by atoms with van der Waals surface area (Å²) in [4.78, 5) is 15.8. The molecule has 0 radical (unpaired) electrons. The molecular formula is C14H15BrN2O2. The summed E-state index contributed by atoms with van der Waals surface area (Å²) < 4.78 is 5.59. The summed E-state index contributed by atoms with van der Waals surface area (Å²) in [7, 11) is 1.38. The fourth-order valence-corrected chi connectivity index (χ4v) is 2.60. The number of methoxy groups -OCH3 is 1. The van der Waals surface area contributed by atoms with Crippen molar-refractivity contribution in [3.05, 3.63) is 33.9 Å². The zero-order valence-corrected chi connectivity index (χ0v) is 12.7. The highest BCUT2D eigenvalue weighted by Crippen LogP contribution is 2.30. The lowest BCUT2D eigenvalue weighted by Crippen LogP contribution is -2.15. The van der Waals surface area contributed by atoms with Crippen molar-refractivity contribution < 1.29 is 9.53 Å². The first-order valence-electron chi connectivity index (χ1n) is 5.89. The lowest BCUT2D eigenvalue weighted by atomic mass is 10.1. The van der Waals surface area contributed by atoms with E-state index >= 15 is 0 Å². The molecule has 1 N–H and O–H groups in total. The summed E-state index contributed by atoms with van der Waals surface area (Å²) in [5.41, 5.74) is 3.80. The third-order valence-corrected chi connectivity index (χ3v) is 3.39. The maximum Gasteiger partial charge on any atom is 0.325 e. The number of hydrogen-bond acceptors (Lipinski definition) is 4. The first-order chi connectivity index (χ1) is 9.01. The third-order valence-electron chi connectivity index (χ3n) is 2.79. The number of nitrogens with one attached hydrogen (secondary N) is 1. The average molecular weight is 323 g/mol. The van der Waals surface area contributed by atoms with E-state index in [0.717, 1.165) is 32.3 Å². The number of hydrogen-bond donors (Lipinski definition) is 1. The number of benzene rings is 1. The molecule has 100 valence electrons. The van der Waals surface area contributed by atoms with Crippen LogP contribution in [-0.4, -0.2) is 24.6 Å². The van der Waals surface area contributed by atoms with Gasteiger partial charge in [0.25, 0.3) is 0 Å². The summed E-state index contributed by atoms with van der Waals surface area (Å²) in [5.74, 6) is -0.297. The molecule has 1 heterocycles. The van der Waals surface area contributed by atoms with Crippen LogP contribution in [0.1, 0.15) is 11.3 Å². The predicted octanol–water partition coefficient (Wildman–Crippen LogP) is 3.20. The Kier molecular flexibility index (Phi) is 4.04. The first-order valence-corrected chi connectivity index (χ1v) is 6.68. The molecule has 0 aliphatic heterocycles. The number of halogens is 1. The molecule has 2 rings (SSSR count). The molecular weight excluding hydrogens is 308 g/mol. The van der Waals surface area contributed by atoms with Crippen LogP contribution in [0.15, 0.2) is 22.7 Å². The number of rotatable bonds is 3. The van der Waals surface area contributed by atoms with Crippen LogP contribution in [0, 0.1) is 13.8 Å². The zero-order valence-electron chi connectivity index (χ0n) is 11.1. The summed E-state index contributed by atoms with van der Waals surface area (Å²) >= 11 is 3.53. The minimum absolute atomic E-state index is 0.139. The van der Waals surface area contributed by atoms with Crippen LogP contribution in [0.3, 0.4) is 0 Å². The molecule has 0 spiro atoms. The molecule has 5 heteroatoms. The van der Waals surface area contributed by atoms with E-state index in [1.54, 1.807) is 0 Å².